The Bertz CT molecular complexity index is 537. The zero-order chi connectivity index (χ0) is 14.2. The molecule has 0 fully saturated rings. The predicted octanol–water partition coefficient (Wildman–Crippen LogP) is 2.87. The second kappa shape index (κ2) is 7.65. The molecule has 0 bridgehead atoms. The van der Waals surface area contributed by atoms with Crippen LogP contribution in [0, 0.1) is 0 Å². The first-order chi connectivity index (χ1) is 9.85. The second-order valence-corrected chi connectivity index (χ2v) is 4.81. The number of nitrogens with zero attached hydrogens (tertiary/aromatic N) is 1. The molecule has 2 rings (SSSR count). The highest BCUT2D eigenvalue weighted by atomic mass is 15.0. The van der Waals surface area contributed by atoms with E-state index in [0.29, 0.717) is 0 Å². The quantitative estimate of drug-likeness (QED) is 0.759. The molecule has 0 aliphatic rings. The van der Waals surface area contributed by atoms with Gasteiger partial charge in [-0.25, -0.2) is 4.98 Å². The second-order valence-electron chi connectivity index (χ2n) is 4.81. The number of anilines is 1. The lowest BCUT2D eigenvalue weighted by atomic mass is 9.98. The van der Waals surface area contributed by atoms with Crippen LogP contribution in [-0.2, 0) is 12.8 Å². The molecule has 0 unspecified atom stereocenters. The molecule has 3 nitrogen and oxygen atoms in total. The number of rotatable bonds is 7. The average molecular weight is 269 g/mol. The normalized spacial score (nSPS) is 10.5. The van der Waals surface area contributed by atoms with E-state index in [-0.39, 0.29) is 0 Å². The van der Waals surface area contributed by atoms with E-state index < -0.39 is 0 Å². The van der Waals surface area contributed by atoms with Gasteiger partial charge >= 0.3 is 0 Å². The third kappa shape index (κ3) is 3.81. The molecular weight excluding hydrogens is 246 g/mol. The summed E-state index contributed by atoms with van der Waals surface area (Å²) in [5.41, 5.74) is 4.04. The summed E-state index contributed by atoms with van der Waals surface area (Å²) >= 11 is 0. The summed E-state index contributed by atoms with van der Waals surface area (Å²) < 4.78 is 0. The van der Waals surface area contributed by atoms with Gasteiger partial charge in [0, 0.05) is 19.7 Å². The fourth-order valence-electron chi connectivity index (χ4n) is 2.39. The van der Waals surface area contributed by atoms with E-state index in [1.807, 2.05) is 19.3 Å². The lowest BCUT2D eigenvalue weighted by Crippen LogP contribution is -2.16. The minimum Gasteiger partial charge on any atom is -0.373 e. The van der Waals surface area contributed by atoms with Crippen molar-refractivity contribution < 1.29 is 0 Å². The largest absolute Gasteiger partial charge is 0.373 e. The highest BCUT2D eigenvalue weighted by Crippen LogP contribution is 2.19. The molecule has 20 heavy (non-hydrogen) atoms. The van der Waals surface area contributed by atoms with Gasteiger partial charge < -0.3 is 10.6 Å². The van der Waals surface area contributed by atoms with Crippen LogP contribution in [-0.4, -0.2) is 25.1 Å². The van der Waals surface area contributed by atoms with Gasteiger partial charge in [-0.2, -0.15) is 0 Å². The van der Waals surface area contributed by atoms with Crippen molar-refractivity contribution in [1.29, 1.82) is 0 Å². The van der Waals surface area contributed by atoms with Gasteiger partial charge in [0.25, 0.3) is 0 Å². The van der Waals surface area contributed by atoms with Crippen LogP contribution in [0.2, 0.25) is 0 Å². The number of hydrogen-bond acceptors (Lipinski definition) is 3. The summed E-state index contributed by atoms with van der Waals surface area (Å²) in [5.74, 6) is 0.967. The molecule has 3 heteroatoms. The first-order valence-corrected chi connectivity index (χ1v) is 7.24. The molecule has 2 aromatic rings. The summed E-state index contributed by atoms with van der Waals surface area (Å²) in [4.78, 5) is 4.37. The van der Waals surface area contributed by atoms with Gasteiger partial charge in [-0.3, -0.25) is 0 Å². The van der Waals surface area contributed by atoms with E-state index in [2.05, 4.69) is 52.9 Å². The predicted molar refractivity (Wildman–Crippen MR) is 85.3 cm³/mol. The maximum Gasteiger partial charge on any atom is 0.129 e. The lowest BCUT2D eigenvalue weighted by molar-refractivity contribution is 0.714. The third-order valence-electron chi connectivity index (χ3n) is 3.45. The van der Waals surface area contributed by atoms with Crippen LogP contribution in [0.4, 0.5) is 5.82 Å². The Labute approximate surface area is 121 Å². The lowest BCUT2D eigenvalue weighted by Gasteiger charge is -2.12. The number of likely N-dealkylation sites (N-methyl/N-ethyl adjacent to an activating group) is 1. The third-order valence-corrected chi connectivity index (χ3v) is 3.45. The van der Waals surface area contributed by atoms with E-state index in [0.717, 1.165) is 31.7 Å². The monoisotopic (exact) mass is 269 g/mol. The average Bonchev–Trinajstić information content (AvgIpc) is 2.50. The van der Waals surface area contributed by atoms with Crippen LogP contribution in [0.5, 0.6) is 0 Å². The van der Waals surface area contributed by atoms with E-state index in [1.54, 1.807) is 0 Å². The molecular formula is C17H23N3. The van der Waals surface area contributed by atoms with E-state index in [1.165, 1.54) is 16.7 Å². The van der Waals surface area contributed by atoms with Crippen LogP contribution in [0.1, 0.15) is 23.6 Å². The molecule has 0 saturated carbocycles. The summed E-state index contributed by atoms with van der Waals surface area (Å²) in [6, 6.07) is 12.8. The Morgan fingerprint density at radius 1 is 1.00 bits per heavy atom. The highest BCUT2D eigenvalue weighted by molar-refractivity contribution is 5.46. The molecule has 0 amide bonds. The molecule has 0 aliphatic heterocycles. The van der Waals surface area contributed by atoms with Crippen LogP contribution < -0.4 is 10.6 Å². The van der Waals surface area contributed by atoms with Crippen molar-refractivity contribution in [2.24, 2.45) is 0 Å². The zero-order valence-electron chi connectivity index (χ0n) is 12.3. The van der Waals surface area contributed by atoms with Gasteiger partial charge in [0.2, 0.25) is 0 Å². The van der Waals surface area contributed by atoms with Crippen molar-refractivity contribution in [3.05, 3.63) is 59.3 Å². The van der Waals surface area contributed by atoms with Crippen molar-refractivity contribution in [2.45, 2.75) is 19.8 Å². The molecule has 1 aromatic heterocycles. The first kappa shape index (κ1) is 14.5. The van der Waals surface area contributed by atoms with E-state index in [9.17, 15) is 0 Å². The van der Waals surface area contributed by atoms with Gasteiger partial charge in [-0.05, 0) is 42.3 Å². The Kier molecular flexibility index (Phi) is 5.56. The van der Waals surface area contributed by atoms with Crippen LogP contribution >= 0.6 is 0 Å². The SMILES string of the molecule is CCNCCc1ccccc1Cc1cccnc1NC. The minimum atomic E-state index is 0.923. The van der Waals surface area contributed by atoms with Gasteiger partial charge in [-0.15, -0.1) is 0 Å². The minimum absolute atomic E-state index is 0.923. The number of hydrogen-bond donors (Lipinski definition) is 2. The molecule has 1 heterocycles. The van der Waals surface area contributed by atoms with Gasteiger partial charge in [0.05, 0.1) is 0 Å². The van der Waals surface area contributed by atoms with Crippen molar-refractivity contribution in [3.63, 3.8) is 0 Å². The molecule has 0 aliphatic carbocycles. The molecule has 2 N–H and O–H groups in total. The Morgan fingerprint density at radius 2 is 1.75 bits per heavy atom. The van der Waals surface area contributed by atoms with Crippen LogP contribution in [0.25, 0.3) is 0 Å². The standard InChI is InChI=1S/C17H23N3/c1-3-19-12-10-14-7-4-5-8-15(14)13-16-9-6-11-20-17(16)18-2/h4-9,11,19H,3,10,12-13H2,1-2H3,(H,18,20). The maximum atomic E-state index is 4.37. The number of aromatic nitrogens is 1. The van der Waals surface area contributed by atoms with Gasteiger partial charge in [0.1, 0.15) is 5.82 Å². The fraction of sp³-hybridized carbons (Fsp3) is 0.353. The van der Waals surface area contributed by atoms with E-state index >= 15 is 0 Å². The summed E-state index contributed by atoms with van der Waals surface area (Å²) in [6.45, 7) is 4.19. The maximum absolute atomic E-state index is 4.37. The Morgan fingerprint density at radius 3 is 2.50 bits per heavy atom. The van der Waals surface area contributed by atoms with Crippen LogP contribution in [0.3, 0.4) is 0 Å². The Balaban J connectivity index is 2.16. The van der Waals surface area contributed by atoms with Crippen molar-refractivity contribution in [3.8, 4) is 0 Å². The zero-order valence-corrected chi connectivity index (χ0v) is 12.3. The van der Waals surface area contributed by atoms with Crippen LogP contribution in [0.15, 0.2) is 42.6 Å². The Hall–Kier alpha value is -1.87. The van der Waals surface area contributed by atoms with Gasteiger partial charge in [-0.1, -0.05) is 37.3 Å². The van der Waals surface area contributed by atoms with Crippen molar-refractivity contribution in [2.75, 3.05) is 25.5 Å². The first-order valence-electron chi connectivity index (χ1n) is 7.24. The fourth-order valence-corrected chi connectivity index (χ4v) is 2.39. The summed E-state index contributed by atoms with van der Waals surface area (Å²) in [7, 11) is 1.92. The molecule has 106 valence electrons. The van der Waals surface area contributed by atoms with Crippen molar-refractivity contribution in [1.82, 2.24) is 10.3 Å². The van der Waals surface area contributed by atoms with E-state index in [4.69, 9.17) is 0 Å². The molecule has 0 spiro atoms. The number of benzene rings is 1. The topological polar surface area (TPSA) is 37.0 Å². The molecule has 0 atom stereocenters. The molecule has 0 saturated heterocycles. The smallest absolute Gasteiger partial charge is 0.129 e. The van der Waals surface area contributed by atoms with Crippen molar-refractivity contribution >= 4 is 5.82 Å². The highest BCUT2D eigenvalue weighted by Gasteiger charge is 2.06. The number of pyridine rings is 1. The summed E-state index contributed by atoms with van der Waals surface area (Å²) in [5, 5.41) is 6.55. The number of nitrogens with one attached hydrogen (secondary N) is 2. The molecule has 1 aromatic carbocycles. The van der Waals surface area contributed by atoms with Gasteiger partial charge in [0.15, 0.2) is 0 Å². The summed E-state index contributed by atoms with van der Waals surface area (Å²) in [6.07, 6.45) is 3.82. The molecule has 0 radical (unpaired) electrons.